The SMILES string of the molecule is CC(C)(C)Nc1nc(-c2cn[nH]n2)ns1. The molecule has 0 aliphatic rings. The fraction of sp³-hybridized carbons (Fsp3) is 0.500. The zero-order chi connectivity index (χ0) is 10.9. The molecule has 0 unspecified atom stereocenters. The van der Waals surface area contributed by atoms with E-state index in [0.29, 0.717) is 11.5 Å². The molecule has 2 heterocycles. The molecular weight excluding hydrogens is 212 g/mol. The first-order valence-corrected chi connectivity index (χ1v) is 5.30. The molecule has 0 aromatic carbocycles. The highest BCUT2D eigenvalue weighted by Gasteiger charge is 2.14. The molecule has 15 heavy (non-hydrogen) atoms. The van der Waals surface area contributed by atoms with E-state index in [1.165, 1.54) is 11.5 Å². The van der Waals surface area contributed by atoms with Gasteiger partial charge in [0.15, 0.2) is 11.5 Å². The normalized spacial score (nSPS) is 11.7. The quantitative estimate of drug-likeness (QED) is 0.808. The van der Waals surface area contributed by atoms with Crippen molar-refractivity contribution >= 4 is 16.7 Å². The molecule has 80 valence electrons. The monoisotopic (exact) mass is 224 g/mol. The Labute approximate surface area is 91.3 Å². The van der Waals surface area contributed by atoms with E-state index in [9.17, 15) is 0 Å². The van der Waals surface area contributed by atoms with Gasteiger partial charge in [0.25, 0.3) is 0 Å². The summed E-state index contributed by atoms with van der Waals surface area (Å²) >= 11 is 1.32. The van der Waals surface area contributed by atoms with Crippen LogP contribution < -0.4 is 5.32 Å². The van der Waals surface area contributed by atoms with Crippen LogP contribution in [0.5, 0.6) is 0 Å². The summed E-state index contributed by atoms with van der Waals surface area (Å²) in [5.74, 6) is 0.598. The van der Waals surface area contributed by atoms with Crippen LogP contribution in [0, 0.1) is 0 Å². The summed E-state index contributed by atoms with van der Waals surface area (Å²) < 4.78 is 4.19. The van der Waals surface area contributed by atoms with Crippen molar-refractivity contribution in [3.05, 3.63) is 6.20 Å². The van der Waals surface area contributed by atoms with Gasteiger partial charge in [0, 0.05) is 17.1 Å². The van der Waals surface area contributed by atoms with Crippen LogP contribution in [-0.2, 0) is 0 Å². The zero-order valence-corrected chi connectivity index (χ0v) is 9.59. The van der Waals surface area contributed by atoms with Gasteiger partial charge in [-0.1, -0.05) is 0 Å². The predicted molar refractivity (Wildman–Crippen MR) is 58.7 cm³/mol. The highest BCUT2D eigenvalue weighted by molar-refractivity contribution is 7.09. The summed E-state index contributed by atoms with van der Waals surface area (Å²) in [6.45, 7) is 6.22. The largest absolute Gasteiger partial charge is 0.356 e. The second-order valence-corrected chi connectivity index (χ2v) is 4.91. The Morgan fingerprint density at radius 1 is 1.40 bits per heavy atom. The Morgan fingerprint density at radius 2 is 2.20 bits per heavy atom. The van der Waals surface area contributed by atoms with Gasteiger partial charge in [-0.2, -0.15) is 24.8 Å². The second kappa shape index (κ2) is 3.58. The van der Waals surface area contributed by atoms with E-state index in [-0.39, 0.29) is 5.54 Å². The number of anilines is 1. The number of hydrogen-bond acceptors (Lipinski definition) is 6. The van der Waals surface area contributed by atoms with E-state index in [2.05, 4.69) is 50.9 Å². The van der Waals surface area contributed by atoms with Crippen molar-refractivity contribution in [3.8, 4) is 11.5 Å². The fourth-order valence-electron chi connectivity index (χ4n) is 1.01. The summed E-state index contributed by atoms with van der Waals surface area (Å²) in [6.07, 6.45) is 1.60. The maximum Gasteiger partial charge on any atom is 0.203 e. The van der Waals surface area contributed by atoms with E-state index >= 15 is 0 Å². The number of aromatic amines is 1. The van der Waals surface area contributed by atoms with Crippen LogP contribution in [0.25, 0.3) is 11.5 Å². The Morgan fingerprint density at radius 3 is 2.80 bits per heavy atom. The molecule has 0 aliphatic heterocycles. The van der Waals surface area contributed by atoms with E-state index in [1.807, 2.05) is 0 Å². The summed E-state index contributed by atoms with van der Waals surface area (Å²) in [6, 6.07) is 0. The van der Waals surface area contributed by atoms with Crippen LogP contribution in [0.15, 0.2) is 6.20 Å². The molecule has 0 radical (unpaired) electrons. The molecule has 0 bridgehead atoms. The van der Waals surface area contributed by atoms with Crippen molar-refractivity contribution in [1.82, 2.24) is 24.8 Å². The van der Waals surface area contributed by atoms with Crippen LogP contribution >= 0.6 is 11.5 Å². The minimum Gasteiger partial charge on any atom is -0.356 e. The molecule has 7 heteroatoms. The average molecular weight is 224 g/mol. The van der Waals surface area contributed by atoms with Crippen molar-refractivity contribution in [2.45, 2.75) is 26.3 Å². The molecule has 0 atom stereocenters. The summed E-state index contributed by atoms with van der Waals surface area (Å²) in [5, 5.41) is 14.2. The lowest BCUT2D eigenvalue weighted by Gasteiger charge is -2.18. The van der Waals surface area contributed by atoms with Crippen LogP contribution in [0.1, 0.15) is 20.8 Å². The first-order chi connectivity index (χ1) is 7.04. The van der Waals surface area contributed by atoms with Gasteiger partial charge in [0.1, 0.15) is 0 Å². The number of H-pyrrole nitrogens is 1. The molecule has 2 N–H and O–H groups in total. The molecule has 2 aromatic heterocycles. The first-order valence-electron chi connectivity index (χ1n) is 4.53. The Balaban J connectivity index is 2.18. The number of rotatable bonds is 2. The molecule has 2 rings (SSSR count). The topological polar surface area (TPSA) is 79.4 Å². The summed E-state index contributed by atoms with van der Waals surface area (Å²) in [5.41, 5.74) is 0.647. The van der Waals surface area contributed by atoms with Gasteiger partial charge in [0.2, 0.25) is 5.13 Å². The molecule has 2 aromatic rings. The number of nitrogens with one attached hydrogen (secondary N) is 2. The van der Waals surface area contributed by atoms with E-state index < -0.39 is 0 Å². The lowest BCUT2D eigenvalue weighted by molar-refractivity contribution is 0.633. The van der Waals surface area contributed by atoms with Crippen molar-refractivity contribution in [2.75, 3.05) is 5.32 Å². The molecule has 0 saturated heterocycles. The third-order valence-electron chi connectivity index (χ3n) is 1.55. The van der Waals surface area contributed by atoms with Crippen LogP contribution in [-0.4, -0.2) is 30.3 Å². The summed E-state index contributed by atoms with van der Waals surface area (Å²) in [4.78, 5) is 4.31. The average Bonchev–Trinajstić information content (AvgIpc) is 2.68. The molecule has 0 amide bonds. The van der Waals surface area contributed by atoms with E-state index in [1.54, 1.807) is 6.20 Å². The van der Waals surface area contributed by atoms with Gasteiger partial charge in [-0.05, 0) is 20.8 Å². The molecule has 6 nitrogen and oxygen atoms in total. The number of nitrogens with zero attached hydrogens (tertiary/aromatic N) is 4. The maximum absolute atomic E-state index is 4.31. The van der Waals surface area contributed by atoms with Gasteiger partial charge < -0.3 is 5.32 Å². The Kier molecular flexibility index (Phi) is 2.39. The van der Waals surface area contributed by atoms with Gasteiger partial charge in [-0.15, -0.1) is 0 Å². The number of aromatic nitrogens is 5. The van der Waals surface area contributed by atoms with Crippen molar-refractivity contribution in [2.24, 2.45) is 0 Å². The highest BCUT2D eigenvalue weighted by Crippen LogP contribution is 2.21. The van der Waals surface area contributed by atoms with E-state index in [4.69, 9.17) is 0 Å². The predicted octanol–water partition coefficient (Wildman–Crippen LogP) is 1.53. The molecule has 0 spiro atoms. The van der Waals surface area contributed by atoms with Gasteiger partial charge >= 0.3 is 0 Å². The standard InChI is InChI=1S/C8H12N6S/c1-8(2,3)11-7-10-6(13-15-7)5-4-9-14-12-5/h4H,1-3H3,(H,9,12,14)(H,10,11,13). The molecule has 0 saturated carbocycles. The lowest BCUT2D eigenvalue weighted by atomic mass is 10.1. The second-order valence-electron chi connectivity index (χ2n) is 4.15. The van der Waals surface area contributed by atoms with Crippen molar-refractivity contribution in [1.29, 1.82) is 0 Å². The van der Waals surface area contributed by atoms with Crippen molar-refractivity contribution in [3.63, 3.8) is 0 Å². The molecule has 0 aliphatic carbocycles. The molecular formula is C8H12N6S. The van der Waals surface area contributed by atoms with E-state index in [0.717, 1.165) is 5.13 Å². The van der Waals surface area contributed by atoms with Gasteiger partial charge in [0.05, 0.1) is 6.20 Å². The lowest BCUT2D eigenvalue weighted by Crippen LogP contribution is -2.25. The van der Waals surface area contributed by atoms with Crippen LogP contribution in [0.3, 0.4) is 0 Å². The summed E-state index contributed by atoms with van der Waals surface area (Å²) in [7, 11) is 0. The van der Waals surface area contributed by atoms with Crippen LogP contribution in [0.4, 0.5) is 5.13 Å². The highest BCUT2D eigenvalue weighted by atomic mass is 32.1. The Hall–Kier alpha value is -1.50. The third-order valence-corrected chi connectivity index (χ3v) is 2.18. The van der Waals surface area contributed by atoms with Crippen molar-refractivity contribution < 1.29 is 0 Å². The fourth-order valence-corrected chi connectivity index (χ4v) is 1.79. The molecule has 0 fully saturated rings. The zero-order valence-electron chi connectivity index (χ0n) is 8.77. The third kappa shape index (κ3) is 2.50. The first kappa shape index (κ1) is 10.0. The van der Waals surface area contributed by atoms with Crippen LogP contribution in [0.2, 0.25) is 0 Å². The number of hydrogen-bond donors (Lipinski definition) is 2. The maximum atomic E-state index is 4.31. The Bertz CT molecular complexity index is 426. The van der Waals surface area contributed by atoms with Gasteiger partial charge in [-0.3, -0.25) is 0 Å². The van der Waals surface area contributed by atoms with Gasteiger partial charge in [-0.25, -0.2) is 0 Å². The minimum absolute atomic E-state index is 0.0133. The smallest absolute Gasteiger partial charge is 0.203 e. The minimum atomic E-state index is -0.0133.